The molecule has 2 heteroatoms. The highest BCUT2D eigenvalue weighted by molar-refractivity contribution is 5.79. The van der Waals surface area contributed by atoms with Crippen molar-refractivity contribution in [2.45, 2.75) is 118 Å². The van der Waals surface area contributed by atoms with Crippen LogP contribution in [0.5, 0.6) is 0 Å². The Bertz CT molecular complexity index is 1810. The maximum atomic E-state index is 2.57. The van der Waals surface area contributed by atoms with Crippen molar-refractivity contribution in [2.24, 2.45) is 7.05 Å². The second kappa shape index (κ2) is 11.9. The molecule has 0 saturated carbocycles. The van der Waals surface area contributed by atoms with E-state index in [2.05, 4.69) is 185 Å². The lowest BCUT2D eigenvalue weighted by molar-refractivity contribution is -0.657. The predicted molar refractivity (Wildman–Crippen MR) is 200 cm³/mol. The number of nitrogens with zero attached hydrogens (tertiary/aromatic N) is 2. The molecule has 4 aromatic carbocycles. The number of benzene rings is 4. The van der Waals surface area contributed by atoms with Crippen LogP contribution in [-0.4, -0.2) is 4.57 Å². The zero-order valence-corrected chi connectivity index (χ0v) is 31.1. The molecule has 0 saturated heterocycles. The molecule has 0 atom stereocenters. The molecule has 0 spiro atoms. The van der Waals surface area contributed by atoms with Crippen molar-refractivity contribution in [3.8, 4) is 27.9 Å². The van der Waals surface area contributed by atoms with Crippen LogP contribution in [0.25, 0.3) is 39.0 Å². The van der Waals surface area contributed by atoms with Crippen LogP contribution in [0.4, 0.5) is 0 Å². The number of hydrogen-bond donors (Lipinski definition) is 0. The minimum atomic E-state index is -0.0398. The van der Waals surface area contributed by atoms with Gasteiger partial charge in [-0.1, -0.05) is 124 Å². The van der Waals surface area contributed by atoms with Crippen LogP contribution in [0.1, 0.15) is 130 Å². The average molecular weight is 614 g/mol. The van der Waals surface area contributed by atoms with Crippen LogP contribution >= 0.6 is 0 Å². The van der Waals surface area contributed by atoms with Crippen molar-refractivity contribution >= 4 is 11.0 Å². The molecule has 0 aliphatic rings. The first-order valence-corrected chi connectivity index (χ1v) is 17.2. The van der Waals surface area contributed by atoms with Gasteiger partial charge in [-0.15, -0.1) is 0 Å². The SMILES string of the molecule is CC(C)c1cc(-c2ccc(-c3cc(C(C)(C)C)cc(C(C)(C)C)c3)cc2)cc(C(C)C)c1-n1c(C(C)(C)C)[n+](C)c2ccccc21. The maximum Gasteiger partial charge on any atom is 0.267 e. The zero-order valence-electron chi connectivity index (χ0n) is 31.1. The molecular formula is C44H57N2+. The third-order valence-electron chi connectivity index (χ3n) is 9.54. The summed E-state index contributed by atoms with van der Waals surface area (Å²) in [6, 6.07) is 30.2. The molecule has 242 valence electrons. The molecule has 2 nitrogen and oxygen atoms in total. The number of rotatable bonds is 5. The van der Waals surface area contributed by atoms with Gasteiger partial charge in [0.15, 0.2) is 11.0 Å². The Hall–Kier alpha value is -3.65. The van der Waals surface area contributed by atoms with E-state index in [-0.39, 0.29) is 16.2 Å². The van der Waals surface area contributed by atoms with Gasteiger partial charge < -0.3 is 0 Å². The van der Waals surface area contributed by atoms with Crippen LogP contribution in [0.15, 0.2) is 78.9 Å². The molecule has 0 fully saturated rings. The maximum absolute atomic E-state index is 2.57. The van der Waals surface area contributed by atoms with Gasteiger partial charge in [-0.3, -0.25) is 0 Å². The largest absolute Gasteiger partial charge is 0.267 e. The van der Waals surface area contributed by atoms with E-state index in [0.29, 0.717) is 11.8 Å². The second-order valence-electron chi connectivity index (χ2n) is 17.1. The average Bonchev–Trinajstić information content (AvgIpc) is 3.27. The van der Waals surface area contributed by atoms with Gasteiger partial charge in [0.1, 0.15) is 5.69 Å². The van der Waals surface area contributed by atoms with E-state index in [1.54, 1.807) is 0 Å². The lowest BCUT2D eigenvalue weighted by atomic mass is 9.79. The molecule has 0 N–H and O–H groups in total. The van der Waals surface area contributed by atoms with Crippen molar-refractivity contribution in [1.82, 2.24) is 4.57 Å². The minimum absolute atomic E-state index is 0.0398. The number of fused-ring (bicyclic) bond motifs is 1. The van der Waals surface area contributed by atoms with Crippen molar-refractivity contribution in [2.75, 3.05) is 0 Å². The first kappa shape index (κ1) is 33.7. The third kappa shape index (κ3) is 6.33. The van der Waals surface area contributed by atoms with Gasteiger partial charge in [0.2, 0.25) is 0 Å². The molecule has 1 aromatic heterocycles. The van der Waals surface area contributed by atoms with E-state index in [1.165, 1.54) is 67.1 Å². The van der Waals surface area contributed by atoms with E-state index in [4.69, 9.17) is 0 Å². The van der Waals surface area contributed by atoms with Crippen molar-refractivity contribution in [3.63, 3.8) is 0 Å². The number of para-hydroxylation sites is 2. The Kier molecular flexibility index (Phi) is 8.69. The predicted octanol–water partition coefficient (Wildman–Crippen LogP) is 11.9. The van der Waals surface area contributed by atoms with Gasteiger partial charge in [0, 0.05) is 11.1 Å². The molecule has 0 amide bonds. The van der Waals surface area contributed by atoms with E-state index in [1.807, 2.05) is 0 Å². The Morgan fingerprint density at radius 3 is 1.37 bits per heavy atom. The van der Waals surface area contributed by atoms with E-state index in [9.17, 15) is 0 Å². The number of hydrogen-bond acceptors (Lipinski definition) is 0. The lowest BCUT2D eigenvalue weighted by Gasteiger charge is -2.26. The first-order valence-electron chi connectivity index (χ1n) is 17.2. The van der Waals surface area contributed by atoms with Gasteiger partial charge in [0.25, 0.3) is 5.82 Å². The monoisotopic (exact) mass is 613 g/mol. The number of aryl methyl sites for hydroxylation is 1. The molecule has 0 aliphatic carbocycles. The minimum Gasteiger partial charge on any atom is -0.229 e. The highest BCUT2D eigenvalue weighted by Gasteiger charge is 2.36. The van der Waals surface area contributed by atoms with E-state index >= 15 is 0 Å². The molecule has 5 aromatic rings. The molecule has 1 heterocycles. The Morgan fingerprint density at radius 1 is 0.522 bits per heavy atom. The fourth-order valence-corrected chi connectivity index (χ4v) is 6.88. The van der Waals surface area contributed by atoms with Gasteiger partial charge in [0.05, 0.1) is 12.5 Å². The van der Waals surface area contributed by atoms with Crippen LogP contribution < -0.4 is 4.57 Å². The molecule has 0 unspecified atom stereocenters. The molecule has 46 heavy (non-hydrogen) atoms. The summed E-state index contributed by atoms with van der Waals surface area (Å²) in [7, 11) is 2.22. The fourth-order valence-electron chi connectivity index (χ4n) is 6.88. The summed E-state index contributed by atoms with van der Waals surface area (Å²) < 4.78 is 4.97. The van der Waals surface area contributed by atoms with E-state index < -0.39 is 0 Å². The Morgan fingerprint density at radius 2 is 0.957 bits per heavy atom. The Labute approximate surface area is 279 Å². The first-order chi connectivity index (χ1) is 21.3. The summed E-state index contributed by atoms with van der Waals surface area (Å²) in [5, 5.41) is 0. The van der Waals surface area contributed by atoms with Gasteiger partial charge in [-0.2, -0.15) is 4.57 Å². The second-order valence-corrected chi connectivity index (χ2v) is 17.1. The highest BCUT2D eigenvalue weighted by atomic mass is 15.2. The molecule has 5 rings (SSSR count). The third-order valence-corrected chi connectivity index (χ3v) is 9.54. The normalized spacial score (nSPS) is 13.0. The lowest BCUT2D eigenvalue weighted by Crippen LogP contribution is -2.39. The van der Waals surface area contributed by atoms with Crippen molar-refractivity contribution in [3.05, 3.63) is 107 Å². The summed E-state index contributed by atoms with van der Waals surface area (Å²) in [6.07, 6.45) is 0. The van der Waals surface area contributed by atoms with Gasteiger partial charge >= 0.3 is 0 Å². The summed E-state index contributed by atoms with van der Waals surface area (Å²) in [5.41, 5.74) is 14.7. The topological polar surface area (TPSA) is 8.81 Å². The fraction of sp³-hybridized carbons (Fsp3) is 0.432. The number of aromatic nitrogens is 2. The summed E-state index contributed by atoms with van der Waals surface area (Å²) in [5.74, 6) is 2.05. The van der Waals surface area contributed by atoms with Crippen LogP contribution in [0.2, 0.25) is 0 Å². The highest BCUT2D eigenvalue weighted by Crippen LogP contribution is 2.40. The van der Waals surface area contributed by atoms with Crippen molar-refractivity contribution in [1.29, 1.82) is 0 Å². The van der Waals surface area contributed by atoms with Crippen LogP contribution in [0.3, 0.4) is 0 Å². The van der Waals surface area contributed by atoms with Crippen LogP contribution in [-0.2, 0) is 23.3 Å². The summed E-state index contributed by atoms with van der Waals surface area (Å²) in [6.45, 7) is 30.2. The standard InChI is InChI=1S/C44H57N2/c1-28(2)36-25-33(31-21-19-30(20-22-31)32-23-34(42(5,6)7)27-35(24-32)43(8,9)10)26-37(29(3)4)40(36)46-39-18-16-15-17-38(39)45(14)41(46)44(11,12)13/h15-29H,1-14H3/q+1. The van der Waals surface area contributed by atoms with Gasteiger partial charge in [-0.25, -0.2) is 4.57 Å². The van der Waals surface area contributed by atoms with Gasteiger partial charge in [-0.05, 0) is 101 Å². The molecule has 0 bridgehead atoms. The summed E-state index contributed by atoms with van der Waals surface area (Å²) in [4.78, 5) is 0. The quantitative estimate of drug-likeness (QED) is 0.174. The number of imidazole rings is 1. The Balaban J connectivity index is 1.70. The van der Waals surface area contributed by atoms with Crippen LogP contribution in [0, 0.1) is 0 Å². The molecular weight excluding hydrogens is 556 g/mol. The molecule has 0 aliphatic heterocycles. The van der Waals surface area contributed by atoms with E-state index in [0.717, 1.165) is 0 Å². The smallest absolute Gasteiger partial charge is 0.229 e. The summed E-state index contributed by atoms with van der Waals surface area (Å²) >= 11 is 0. The zero-order chi connectivity index (χ0) is 33.9. The van der Waals surface area contributed by atoms with Crippen molar-refractivity contribution < 1.29 is 4.57 Å². The molecule has 0 radical (unpaired) electrons.